The zero-order valence-electron chi connectivity index (χ0n) is 16.6. The van der Waals surface area contributed by atoms with E-state index in [1.54, 1.807) is 12.1 Å². The first kappa shape index (κ1) is 20.4. The lowest BCUT2D eigenvalue weighted by Gasteiger charge is -2.16. The van der Waals surface area contributed by atoms with E-state index in [1.165, 1.54) is 30.7 Å². The van der Waals surface area contributed by atoms with Gasteiger partial charge < -0.3 is 5.32 Å². The van der Waals surface area contributed by atoms with Crippen LogP contribution in [0.2, 0.25) is 0 Å². The summed E-state index contributed by atoms with van der Waals surface area (Å²) in [6.07, 6.45) is 0.904. The van der Waals surface area contributed by atoms with Crippen molar-refractivity contribution in [1.29, 1.82) is 0 Å². The van der Waals surface area contributed by atoms with Crippen LogP contribution in [-0.2, 0) is 4.79 Å². The number of hydrogen-bond acceptors (Lipinski definition) is 3. The molecule has 1 unspecified atom stereocenters. The summed E-state index contributed by atoms with van der Waals surface area (Å²) < 4.78 is 30.0. The zero-order valence-corrected chi connectivity index (χ0v) is 16.6. The highest BCUT2D eigenvalue weighted by Gasteiger charge is 2.19. The zero-order chi connectivity index (χ0) is 21.3. The minimum Gasteiger partial charge on any atom is -0.356 e. The van der Waals surface area contributed by atoms with E-state index < -0.39 is 23.5 Å². The number of alkyl halides is 1. The van der Waals surface area contributed by atoms with E-state index in [9.17, 15) is 18.4 Å². The van der Waals surface area contributed by atoms with Crippen molar-refractivity contribution in [3.63, 3.8) is 0 Å². The Hall–Kier alpha value is -3.35. The van der Waals surface area contributed by atoms with Crippen molar-refractivity contribution < 1.29 is 13.6 Å². The summed E-state index contributed by atoms with van der Waals surface area (Å²) in [6, 6.07) is 7.88. The number of carbonyl (C=O) groups excluding carboxylic acids is 1. The van der Waals surface area contributed by atoms with E-state index in [-0.39, 0.29) is 22.3 Å². The Balaban J connectivity index is 2.33. The molecule has 150 valence electrons. The largest absolute Gasteiger partial charge is 0.356 e. The van der Waals surface area contributed by atoms with Crippen LogP contribution in [0.3, 0.4) is 0 Å². The molecule has 1 aromatic heterocycles. The van der Waals surface area contributed by atoms with Gasteiger partial charge in [0, 0.05) is 24.8 Å². The maximum atomic E-state index is 14.4. The van der Waals surface area contributed by atoms with Crippen LogP contribution in [0.5, 0.6) is 0 Å². The van der Waals surface area contributed by atoms with E-state index in [4.69, 9.17) is 0 Å². The Morgan fingerprint density at radius 1 is 1.17 bits per heavy atom. The molecule has 1 atom stereocenters. The first-order valence-corrected chi connectivity index (χ1v) is 9.10. The number of aryl methyl sites for hydroxylation is 2. The molecule has 0 radical (unpaired) electrons. The van der Waals surface area contributed by atoms with Gasteiger partial charge in [0.15, 0.2) is 12.0 Å². The summed E-state index contributed by atoms with van der Waals surface area (Å²) in [4.78, 5) is 28.9. The van der Waals surface area contributed by atoms with E-state index in [0.717, 1.165) is 23.3 Å². The predicted octanol–water partition coefficient (Wildman–Crippen LogP) is 3.93. The lowest BCUT2D eigenvalue weighted by molar-refractivity contribution is -0.115. The van der Waals surface area contributed by atoms with Gasteiger partial charge in [-0.25, -0.2) is 13.8 Å². The van der Waals surface area contributed by atoms with Crippen LogP contribution in [0.1, 0.15) is 35.6 Å². The fraction of sp³-hybridized carbons (Fsp3) is 0.227. The van der Waals surface area contributed by atoms with E-state index in [1.807, 2.05) is 19.9 Å². The maximum Gasteiger partial charge on any atom is 0.266 e. The quantitative estimate of drug-likeness (QED) is 0.679. The van der Waals surface area contributed by atoms with Crippen LogP contribution in [0.4, 0.5) is 8.78 Å². The number of amides is 1. The van der Waals surface area contributed by atoms with Gasteiger partial charge in [-0.1, -0.05) is 6.07 Å². The van der Waals surface area contributed by atoms with Gasteiger partial charge in [0.1, 0.15) is 5.82 Å². The Morgan fingerprint density at radius 2 is 1.83 bits per heavy atom. The number of carbonyl (C=O) groups is 1. The third-order valence-electron chi connectivity index (χ3n) is 4.49. The molecule has 0 spiro atoms. The molecule has 1 N–H and O–H groups in total. The lowest BCUT2D eigenvalue weighted by Crippen LogP contribution is -2.25. The highest BCUT2D eigenvalue weighted by atomic mass is 19.1. The molecule has 2 aromatic carbocycles. The van der Waals surface area contributed by atoms with Gasteiger partial charge in [-0.2, -0.15) is 0 Å². The number of nitrogens with one attached hydrogen (secondary N) is 1. The van der Waals surface area contributed by atoms with Gasteiger partial charge in [-0.15, -0.1) is 0 Å². The highest BCUT2D eigenvalue weighted by Crippen LogP contribution is 2.23. The summed E-state index contributed by atoms with van der Waals surface area (Å²) in [5, 5.41) is 2.53. The molecule has 0 aliphatic rings. The number of fused-ring (bicyclic) bond motifs is 1. The first-order valence-electron chi connectivity index (χ1n) is 9.10. The van der Waals surface area contributed by atoms with Crippen LogP contribution in [-0.4, -0.2) is 22.5 Å². The Labute approximate surface area is 166 Å². The second-order valence-corrected chi connectivity index (χ2v) is 6.91. The van der Waals surface area contributed by atoms with E-state index in [2.05, 4.69) is 10.3 Å². The van der Waals surface area contributed by atoms with Gasteiger partial charge in [-0.05, 0) is 56.2 Å². The summed E-state index contributed by atoms with van der Waals surface area (Å²) in [5.74, 6) is -1.16. The summed E-state index contributed by atoms with van der Waals surface area (Å²) in [6.45, 7) is 5.04. The standard InChI is InChI=1S/C22H21F2N3O2/c1-12-7-13(2)9-16(8-12)27-21(14(3)23)26-19-11-18(24)15(5-6-20(28)25-4)10-17(19)22(27)29/h5-11,14H,1-4H3,(H,25,28)/b6-5+. The van der Waals surface area contributed by atoms with E-state index in [0.29, 0.717) is 5.69 Å². The molecule has 0 saturated carbocycles. The van der Waals surface area contributed by atoms with Crippen molar-refractivity contribution in [3.05, 3.63) is 75.1 Å². The first-order chi connectivity index (χ1) is 13.7. The molecular weight excluding hydrogens is 376 g/mol. The number of hydrogen-bond donors (Lipinski definition) is 1. The normalized spacial score (nSPS) is 12.5. The minimum absolute atomic E-state index is 0.0599. The molecule has 0 bridgehead atoms. The number of rotatable bonds is 4. The van der Waals surface area contributed by atoms with Crippen molar-refractivity contribution in [2.45, 2.75) is 26.9 Å². The summed E-state index contributed by atoms with van der Waals surface area (Å²) in [7, 11) is 1.45. The third-order valence-corrected chi connectivity index (χ3v) is 4.49. The number of benzene rings is 2. The molecule has 1 amide bonds. The Kier molecular flexibility index (Phi) is 5.59. The van der Waals surface area contributed by atoms with Crippen LogP contribution in [0, 0.1) is 19.7 Å². The van der Waals surface area contributed by atoms with E-state index >= 15 is 0 Å². The molecule has 0 aliphatic heterocycles. The van der Waals surface area contributed by atoms with Gasteiger partial charge >= 0.3 is 0 Å². The predicted molar refractivity (Wildman–Crippen MR) is 109 cm³/mol. The molecule has 5 nitrogen and oxygen atoms in total. The Bertz CT molecular complexity index is 1180. The lowest BCUT2D eigenvalue weighted by atomic mass is 10.1. The molecule has 1 heterocycles. The van der Waals surface area contributed by atoms with Crippen molar-refractivity contribution in [3.8, 4) is 5.69 Å². The molecule has 0 aliphatic carbocycles. The van der Waals surface area contributed by atoms with Crippen LogP contribution >= 0.6 is 0 Å². The molecule has 0 fully saturated rings. The van der Waals surface area contributed by atoms with Crippen molar-refractivity contribution >= 4 is 22.9 Å². The fourth-order valence-corrected chi connectivity index (χ4v) is 3.21. The van der Waals surface area contributed by atoms with Gasteiger partial charge in [0.2, 0.25) is 5.91 Å². The average molecular weight is 397 g/mol. The van der Waals surface area contributed by atoms with Crippen LogP contribution in [0.25, 0.3) is 22.7 Å². The average Bonchev–Trinajstić information content (AvgIpc) is 2.65. The summed E-state index contributed by atoms with van der Waals surface area (Å²) in [5.41, 5.74) is 1.94. The highest BCUT2D eigenvalue weighted by molar-refractivity contribution is 5.92. The maximum absolute atomic E-state index is 14.4. The fourth-order valence-electron chi connectivity index (χ4n) is 3.21. The second kappa shape index (κ2) is 7.95. The number of likely N-dealkylation sites (N-methyl/N-ethyl adjacent to an activating group) is 1. The second-order valence-electron chi connectivity index (χ2n) is 6.91. The van der Waals surface area contributed by atoms with Crippen molar-refractivity contribution in [2.75, 3.05) is 7.05 Å². The molecule has 29 heavy (non-hydrogen) atoms. The van der Waals surface area contributed by atoms with Gasteiger partial charge in [0.05, 0.1) is 16.6 Å². The van der Waals surface area contributed by atoms with Gasteiger partial charge in [-0.3, -0.25) is 14.2 Å². The number of halogens is 2. The molecule has 3 rings (SSSR count). The SMILES string of the molecule is CNC(=O)/C=C/c1cc2c(=O)n(-c3cc(C)cc(C)c3)c(C(C)F)nc2cc1F. The van der Waals surface area contributed by atoms with Crippen molar-refractivity contribution in [1.82, 2.24) is 14.9 Å². The Morgan fingerprint density at radius 3 is 2.41 bits per heavy atom. The van der Waals surface area contributed by atoms with Crippen LogP contribution in [0.15, 0.2) is 41.2 Å². The number of aromatic nitrogens is 2. The molecular formula is C22H21F2N3O2. The molecule has 7 heteroatoms. The molecule has 3 aromatic rings. The smallest absolute Gasteiger partial charge is 0.266 e. The number of nitrogens with zero attached hydrogens (tertiary/aromatic N) is 2. The summed E-state index contributed by atoms with van der Waals surface area (Å²) >= 11 is 0. The van der Waals surface area contributed by atoms with Crippen molar-refractivity contribution in [2.24, 2.45) is 0 Å². The monoisotopic (exact) mass is 397 g/mol. The molecule has 0 saturated heterocycles. The van der Waals surface area contributed by atoms with Gasteiger partial charge in [0.25, 0.3) is 5.56 Å². The topological polar surface area (TPSA) is 64.0 Å². The minimum atomic E-state index is -1.54. The third kappa shape index (κ3) is 4.08. The van der Waals surface area contributed by atoms with Crippen LogP contribution < -0.4 is 10.9 Å².